The summed E-state index contributed by atoms with van der Waals surface area (Å²) in [7, 11) is 0. The maximum atomic E-state index is 14.1. The van der Waals surface area contributed by atoms with Gasteiger partial charge in [-0.05, 0) is 44.5 Å². The summed E-state index contributed by atoms with van der Waals surface area (Å²) >= 11 is 1.34. The zero-order valence-electron chi connectivity index (χ0n) is 18.1. The van der Waals surface area contributed by atoms with Gasteiger partial charge in [0.1, 0.15) is 5.82 Å². The first-order valence-electron chi connectivity index (χ1n) is 10.4. The van der Waals surface area contributed by atoms with E-state index in [0.717, 1.165) is 5.56 Å². The molecule has 0 fully saturated rings. The number of aryl methyl sites for hydroxylation is 2. The van der Waals surface area contributed by atoms with Crippen LogP contribution < -0.4 is 10.9 Å². The number of hydrogen-bond donors (Lipinski definition) is 1. The minimum atomic E-state index is -0.276. The van der Waals surface area contributed by atoms with Crippen LogP contribution in [0.2, 0.25) is 0 Å². The molecular weight excluding hydrogens is 429 g/mol. The second kappa shape index (κ2) is 9.12. The van der Waals surface area contributed by atoms with Crippen molar-refractivity contribution in [1.29, 1.82) is 0 Å². The van der Waals surface area contributed by atoms with Gasteiger partial charge in [0.25, 0.3) is 5.56 Å². The van der Waals surface area contributed by atoms with Crippen LogP contribution in [0.15, 0.2) is 52.4 Å². The van der Waals surface area contributed by atoms with Crippen LogP contribution >= 0.6 is 11.8 Å². The first kappa shape index (κ1) is 22.0. The minimum absolute atomic E-state index is 0.0213. The van der Waals surface area contributed by atoms with E-state index in [-0.39, 0.29) is 36.3 Å². The highest BCUT2D eigenvalue weighted by atomic mass is 32.2. The molecule has 1 amide bonds. The lowest BCUT2D eigenvalue weighted by Gasteiger charge is -2.13. The number of amides is 1. The van der Waals surface area contributed by atoms with Crippen molar-refractivity contribution in [2.45, 2.75) is 50.7 Å². The normalized spacial score (nSPS) is 11.5. The Labute approximate surface area is 188 Å². The Hall–Kier alpha value is -3.20. The average molecular weight is 454 g/mol. The van der Waals surface area contributed by atoms with Gasteiger partial charge in [0, 0.05) is 24.8 Å². The molecule has 2 aromatic carbocycles. The third-order valence-electron chi connectivity index (χ3n) is 5.05. The molecule has 0 bridgehead atoms. The fourth-order valence-electron chi connectivity index (χ4n) is 3.56. The molecule has 0 radical (unpaired) electrons. The molecule has 0 aliphatic carbocycles. The number of aromatic nitrogens is 4. The molecule has 1 N–H and O–H groups in total. The molecule has 7 nitrogen and oxygen atoms in total. The Morgan fingerprint density at radius 1 is 1.19 bits per heavy atom. The van der Waals surface area contributed by atoms with Crippen LogP contribution in [0.1, 0.15) is 31.4 Å². The highest BCUT2D eigenvalue weighted by Crippen LogP contribution is 2.26. The quantitative estimate of drug-likeness (QED) is 0.432. The molecule has 32 heavy (non-hydrogen) atoms. The summed E-state index contributed by atoms with van der Waals surface area (Å²) < 4.78 is 17.4. The van der Waals surface area contributed by atoms with Gasteiger partial charge in [-0.3, -0.25) is 18.6 Å². The molecule has 0 saturated heterocycles. The lowest BCUT2D eigenvalue weighted by atomic mass is 10.1. The summed E-state index contributed by atoms with van der Waals surface area (Å²) in [6.45, 7) is 5.88. The predicted octanol–water partition coefficient (Wildman–Crippen LogP) is 3.70. The average Bonchev–Trinajstić information content (AvgIpc) is 3.16. The zero-order chi connectivity index (χ0) is 22.8. The Bertz CT molecular complexity index is 1360. The SMILES string of the molecule is Cc1ccc2c(c1)c(=O)n(CCC(=O)NC(C)C)c1nnc(SCc3ccccc3F)n21. The van der Waals surface area contributed by atoms with Gasteiger partial charge in [-0.2, -0.15) is 0 Å². The van der Waals surface area contributed by atoms with Gasteiger partial charge in [-0.1, -0.05) is 41.6 Å². The predicted molar refractivity (Wildman–Crippen MR) is 123 cm³/mol. The van der Waals surface area contributed by atoms with Crippen molar-refractivity contribution in [3.05, 3.63) is 69.8 Å². The van der Waals surface area contributed by atoms with E-state index in [4.69, 9.17) is 0 Å². The lowest BCUT2D eigenvalue weighted by molar-refractivity contribution is -0.121. The van der Waals surface area contributed by atoms with Gasteiger partial charge in [-0.25, -0.2) is 4.39 Å². The third-order valence-corrected chi connectivity index (χ3v) is 6.03. The van der Waals surface area contributed by atoms with Crippen molar-refractivity contribution in [3.63, 3.8) is 0 Å². The summed E-state index contributed by atoms with van der Waals surface area (Å²) in [4.78, 5) is 25.4. The maximum absolute atomic E-state index is 14.1. The van der Waals surface area contributed by atoms with Gasteiger partial charge < -0.3 is 5.32 Å². The number of carbonyl (C=O) groups excluding carboxylic acids is 1. The Kier molecular flexibility index (Phi) is 6.27. The molecule has 0 unspecified atom stereocenters. The molecule has 2 aromatic heterocycles. The van der Waals surface area contributed by atoms with Crippen molar-refractivity contribution in [2.24, 2.45) is 0 Å². The van der Waals surface area contributed by atoms with E-state index in [1.54, 1.807) is 18.2 Å². The standard InChI is InChI=1S/C23H24FN5O2S/c1-14(2)25-20(30)10-11-28-21(31)17-12-15(3)8-9-19(17)29-22(28)26-27-23(29)32-13-16-6-4-5-7-18(16)24/h4-9,12,14H,10-11,13H2,1-3H3,(H,25,30). The number of hydrogen-bond acceptors (Lipinski definition) is 5. The number of nitrogens with zero attached hydrogens (tertiary/aromatic N) is 4. The summed E-state index contributed by atoms with van der Waals surface area (Å²) in [6, 6.07) is 12.2. The minimum Gasteiger partial charge on any atom is -0.354 e. The molecule has 0 aliphatic heterocycles. The van der Waals surface area contributed by atoms with Crippen molar-refractivity contribution in [2.75, 3.05) is 0 Å². The van der Waals surface area contributed by atoms with Crippen LogP contribution in [0.25, 0.3) is 16.7 Å². The van der Waals surface area contributed by atoms with E-state index in [2.05, 4.69) is 15.5 Å². The molecule has 0 spiro atoms. The van der Waals surface area contributed by atoms with E-state index in [1.807, 2.05) is 43.4 Å². The molecule has 2 heterocycles. The summed E-state index contributed by atoms with van der Waals surface area (Å²) in [5, 5.41) is 12.5. The fraction of sp³-hybridized carbons (Fsp3) is 0.304. The molecule has 4 aromatic rings. The largest absolute Gasteiger partial charge is 0.354 e. The van der Waals surface area contributed by atoms with Crippen LogP contribution in [0.3, 0.4) is 0 Å². The van der Waals surface area contributed by atoms with Crippen LogP contribution in [0, 0.1) is 12.7 Å². The number of thioether (sulfide) groups is 1. The van der Waals surface area contributed by atoms with Crippen LogP contribution in [-0.4, -0.2) is 31.1 Å². The van der Waals surface area contributed by atoms with Gasteiger partial charge in [0.05, 0.1) is 10.9 Å². The monoisotopic (exact) mass is 453 g/mol. The second-order valence-corrected chi connectivity index (χ2v) is 8.89. The second-order valence-electron chi connectivity index (χ2n) is 7.95. The third kappa shape index (κ3) is 4.38. The van der Waals surface area contributed by atoms with E-state index in [9.17, 15) is 14.0 Å². The van der Waals surface area contributed by atoms with Gasteiger partial charge in [0.2, 0.25) is 11.7 Å². The fourth-order valence-corrected chi connectivity index (χ4v) is 4.49. The highest BCUT2D eigenvalue weighted by molar-refractivity contribution is 7.98. The summed E-state index contributed by atoms with van der Waals surface area (Å²) in [6.07, 6.45) is 0.148. The number of nitrogens with one attached hydrogen (secondary N) is 1. The van der Waals surface area contributed by atoms with E-state index in [1.165, 1.54) is 22.4 Å². The lowest BCUT2D eigenvalue weighted by Crippen LogP contribution is -2.32. The summed E-state index contributed by atoms with van der Waals surface area (Å²) in [5.74, 6) is 0.321. The molecule has 9 heteroatoms. The van der Waals surface area contributed by atoms with Crippen LogP contribution in [0.5, 0.6) is 0 Å². The van der Waals surface area contributed by atoms with Gasteiger partial charge in [0.15, 0.2) is 5.16 Å². The van der Waals surface area contributed by atoms with E-state index >= 15 is 0 Å². The van der Waals surface area contributed by atoms with Gasteiger partial charge in [-0.15, -0.1) is 10.2 Å². The zero-order valence-corrected chi connectivity index (χ0v) is 18.9. The maximum Gasteiger partial charge on any atom is 0.262 e. The van der Waals surface area contributed by atoms with Crippen molar-refractivity contribution in [3.8, 4) is 0 Å². The summed E-state index contributed by atoms with van der Waals surface area (Å²) in [5.41, 5.74) is 1.98. The molecule has 4 rings (SSSR count). The molecule has 0 saturated carbocycles. The Morgan fingerprint density at radius 2 is 1.97 bits per heavy atom. The van der Waals surface area contributed by atoms with E-state index < -0.39 is 0 Å². The van der Waals surface area contributed by atoms with Crippen molar-refractivity contribution >= 4 is 34.3 Å². The Balaban J connectivity index is 1.78. The van der Waals surface area contributed by atoms with Gasteiger partial charge >= 0.3 is 0 Å². The Morgan fingerprint density at radius 3 is 2.72 bits per heavy atom. The van der Waals surface area contributed by atoms with Crippen molar-refractivity contribution in [1.82, 2.24) is 24.5 Å². The molecular formula is C23H24FN5O2S. The highest BCUT2D eigenvalue weighted by Gasteiger charge is 2.18. The number of fused-ring (bicyclic) bond motifs is 3. The smallest absolute Gasteiger partial charge is 0.262 e. The number of carbonyl (C=O) groups is 1. The van der Waals surface area contributed by atoms with Crippen LogP contribution in [0.4, 0.5) is 4.39 Å². The van der Waals surface area contributed by atoms with Crippen LogP contribution in [-0.2, 0) is 17.1 Å². The number of rotatable bonds is 7. The van der Waals surface area contributed by atoms with E-state index in [0.29, 0.717) is 33.2 Å². The number of benzene rings is 2. The van der Waals surface area contributed by atoms with Crippen molar-refractivity contribution < 1.29 is 9.18 Å². The number of halogens is 1. The topological polar surface area (TPSA) is 81.3 Å². The molecule has 0 aliphatic rings. The first-order chi connectivity index (χ1) is 15.3. The molecule has 0 atom stereocenters. The molecule has 166 valence electrons. The first-order valence-corrected chi connectivity index (χ1v) is 11.4.